The Morgan fingerprint density at radius 3 is 2.78 bits per heavy atom. The molecule has 0 radical (unpaired) electrons. The SMILES string of the molecule is COCCNCC(=O)NCc1nc(-c2ccc(Br)cc2)n[nH]1.Cl. The fourth-order valence-electron chi connectivity index (χ4n) is 1.72. The van der Waals surface area contributed by atoms with Crippen LogP contribution in [0.3, 0.4) is 0 Å². The summed E-state index contributed by atoms with van der Waals surface area (Å²) in [7, 11) is 1.62. The van der Waals surface area contributed by atoms with Crippen LogP contribution in [0, 0.1) is 0 Å². The van der Waals surface area contributed by atoms with Gasteiger partial charge in [0.1, 0.15) is 5.82 Å². The maximum absolute atomic E-state index is 11.6. The van der Waals surface area contributed by atoms with Crippen LogP contribution in [-0.2, 0) is 16.1 Å². The molecule has 0 fully saturated rings. The van der Waals surface area contributed by atoms with Crippen LogP contribution in [0.15, 0.2) is 28.7 Å². The van der Waals surface area contributed by atoms with E-state index in [0.29, 0.717) is 31.3 Å². The Labute approximate surface area is 149 Å². The van der Waals surface area contributed by atoms with Crippen molar-refractivity contribution in [2.75, 3.05) is 26.8 Å². The first-order valence-corrected chi connectivity index (χ1v) is 7.62. The van der Waals surface area contributed by atoms with E-state index >= 15 is 0 Å². The Morgan fingerprint density at radius 2 is 2.09 bits per heavy atom. The number of nitrogens with one attached hydrogen (secondary N) is 3. The maximum atomic E-state index is 11.6. The van der Waals surface area contributed by atoms with Crippen LogP contribution in [0.25, 0.3) is 11.4 Å². The number of H-pyrrole nitrogens is 1. The number of carbonyl (C=O) groups is 1. The van der Waals surface area contributed by atoms with Crippen LogP contribution in [-0.4, -0.2) is 47.9 Å². The Morgan fingerprint density at radius 1 is 1.35 bits per heavy atom. The number of amides is 1. The highest BCUT2D eigenvalue weighted by Crippen LogP contribution is 2.18. The minimum absolute atomic E-state index is 0. The van der Waals surface area contributed by atoms with Gasteiger partial charge in [-0.15, -0.1) is 12.4 Å². The van der Waals surface area contributed by atoms with E-state index in [2.05, 4.69) is 41.7 Å². The average Bonchev–Trinajstić information content (AvgIpc) is 2.99. The van der Waals surface area contributed by atoms with Gasteiger partial charge in [0.2, 0.25) is 5.91 Å². The van der Waals surface area contributed by atoms with Gasteiger partial charge in [0.15, 0.2) is 5.82 Å². The Kier molecular flexibility index (Phi) is 8.78. The average molecular weight is 405 g/mol. The lowest BCUT2D eigenvalue weighted by Crippen LogP contribution is -2.35. The van der Waals surface area contributed by atoms with Gasteiger partial charge in [0.25, 0.3) is 0 Å². The molecule has 9 heteroatoms. The summed E-state index contributed by atoms with van der Waals surface area (Å²) in [4.78, 5) is 16.0. The first-order valence-electron chi connectivity index (χ1n) is 6.82. The van der Waals surface area contributed by atoms with Gasteiger partial charge in [-0.2, -0.15) is 5.10 Å². The molecule has 23 heavy (non-hydrogen) atoms. The zero-order valence-corrected chi connectivity index (χ0v) is 15.0. The Balaban J connectivity index is 0.00000264. The molecule has 7 nitrogen and oxygen atoms in total. The molecule has 1 heterocycles. The topological polar surface area (TPSA) is 91.9 Å². The van der Waals surface area contributed by atoms with Crippen LogP contribution in [0.2, 0.25) is 0 Å². The molecule has 2 rings (SSSR count). The first-order chi connectivity index (χ1) is 10.7. The monoisotopic (exact) mass is 403 g/mol. The van der Waals surface area contributed by atoms with Crippen molar-refractivity contribution in [3.63, 3.8) is 0 Å². The molecule has 1 aromatic carbocycles. The summed E-state index contributed by atoms with van der Waals surface area (Å²) in [5.41, 5.74) is 0.915. The van der Waals surface area contributed by atoms with Gasteiger partial charge in [0.05, 0.1) is 19.7 Å². The quantitative estimate of drug-likeness (QED) is 0.580. The third-order valence-electron chi connectivity index (χ3n) is 2.86. The highest BCUT2D eigenvalue weighted by Gasteiger charge is 2.07. The first kappa shape index (κ1) is 19.6. The summed E-state index contributed by atoms with van der Waals surface area (Å²) < 4.78 is 5.88. The van der Waals surface area contributed by atoms with Gasteiger partial charge in [-0.05, 0) is 12.1 Å². The molecule has 1 amide bonds. The molecule has 0 spiro atoms. The largest absolute Gasteiger partial charge is 0.383 e. The summed E-state index contributed by atoms with van der Waals surface area (Å²) in [6.07, 6.45) is 0. The summed E-state index contributed by atoms with van der Waals surface area (Å²) in [6.45, 7) is 1.78. The molecule has 0 aliphatic heterocycles. The predicted molar refractivity (Wildman–Crippen MR) is 93.4 cm³/mol. The molecule has 2 aromatic rings. The molecular formula is C14H19BrClN5O2. The number of carbonyl (C=O) groups excluding carboxylic acids is 1. The highest BCUT2D eigenvalue weighted by molar-refractivity contribution is 9.10. The lowest BCUT2D eigenvalue weighted by atomic mass is 10.2. The van der Waals surface area contributed by atoms with Crippen LogP contribution < -0.4 is 10.6 Å². The van der Waals surface area contributed by atoms with Crippen molar-refractivity contribution in [1.29, 1.82) is 0 Å². The number of nitrogens with zero attached hydrogens (tertiary/aromatic N) is 2. The number of rotatable bonds is 8. The predicted octanol–water partition coefficient (Wildman–Crippen LogP) is 1.51. The molecule has 0 unspecified atom stereocenters. The van der Waals surface area contributed by atoms with Crippen molar-refractivity contribution in [2.45, 2.75) is 6.54 Å². The molecule has 3 N–H and O–H groups in total. The van der Waals surface area contributed by atoms with E-state index in [-0.39, 0.29) is 24.9 Å². The lowest BCUT2D eigenvalue weighted by molar-refractivity contribution is -0.120. The van der Waals surface area contributed by atoms with E-state index in [1.54, 1.807) is 7.11 Å². The van der Waals surface area contributed by atoms with Gasteiger partial charge in [-0.3, -0.25) is 9.89 Å². The number of aromatic nitrogens is 3. The Bertz CT molecular complexity index is 605. The van der Waals surface area contributed by atoms with E-state index in [1.165, 1.54) is 0 Å². The summed E-state index contributed by atoms with van der Waals surface area (Å²) in [6, 6.07) is 7.71. The van der Waals surface area contributed by atoms with Crippen molar-refractivity contribution in [1.82, 2.24) is 25.8 Å². The summed E-state index contributed by atoms with van der Waals surface area (Å²) in [5, 5.41) is 12.7. The molecule has 0 aliphatic rings. The van der Waals surface area contributed by atoms with Gasteiger partial charge >= 0.3 is 0 Å². The van der Waals surface area contributed by atoms with Gasteiger partial charge < -0.3 is 15.4 Å². The second-order valence-corrected chi connectivity index (χ2v) is 5.47. The van der Waals surface area contributed by atoms with E-state index in [0.717, 1.165) is 10.0 Å². The van der Waals surface area contributed by atoms with Crippen molar-refractivity contribution in [2.24, 2.45) is 0 Å². The zero-order valence-electron chi connectivity index (χ0n) is 12.6. The molecule has 0 bridgehead atoms. The van der Waals surface area contributed by atoms with E-state index in [9.17, 15) is 4.79 Å². The van der Waals surface area contributed by atoms with E-state index < -0.39 is 0 Å². The van der Waals surface area contributed by atoms with Crippen LogP contribution >= 0.6 is 28.3 Å². The molecule has 126 valence electrons. The number of hydrogen-bond donors (Lipinski definition) is 3. The van der Waals surface area contributed by atoms with Crippen LogP contribution in [0.1, 0.15) is 5.82 Å². The van der Waals surface area contributed by atoms with Crippen LogP contribution in [0.4, 0.5) is 0 Å². The number of aromatic amines is 1. The third-order valence-corrected chi connectivity index (χ3v) is 3.38. The molecule has 1 aromatic heterocycles. The number of benzene rings is 1. The van der Waals surface area contributed by atoms with Crippen molar-refractivity contribution >= 4 is 34.2 Å². The van der Waals surface area contributed by atoms with Gasteiger partial charge in [-0.1, -0.05) is 28.1 Å². The number of halogens is 2. The van der Waals surface area contributed by atoms with Crippen LogP contribution in [0.5, 0.6) is 0 Å². The van der Waals surface area contributed by atoms with Crippen molar-refractivity contribution < 1.29 is 9.53 Å². The molecular weight excluding hydrogens is 386 g/mol. The smallest absolute Gasteiger partial charge is 0.234 e. The zero-order chi connectivity index (χ0) is 15.8. The van der Waals surface area contributed by atoms with E-state index in [4.69, 9.17) is 4.74 Å². The summed E-state index contributed by atoms with van der Waals surface area (Å²) in [5.74, 6) is 1.12. The molecule has 0 saturated heterocycles. The number of methoxy groups -OCH3 is 1. The van der Waals surface area contributed by atoms with E-state index in [1.807, 2.05) is 24.3 Å². The molecule has 0 atom stereocenters. The fourth-order valence-corrected chi connectivity index (χ4v) is 1.99. The van der Waals surface area contributed by atoms with Gasteiger partial charge in [-0.25, -0.2) is 4.98 Å². The normalized spacial score (nSPS) is 10.2. The fraction of sp³-hybridized carbons (Fsp3) is 0.357. The number of ether oxygens (including phenoxy) is 1. The molecule has 0 saturated carbocycles. The summed E-state index contributed by atoms with van der Waals surface area (Å²) >= 11 is 3.38. The Hall–Kier alpha value is -1.48. The minimum atomic E-state index is -0.0994. The maximum Gasteiger partial charge on any atom is 0.234 e. The lowest BCUT2D eigenvalue weighted by Gasteiger charge is -2.04. The van der Waals surface area contributed by atoms with Gasteiger partial charge in [0, 0.05) is 23.7 Å². The highest BCUT2D eigenvalue weighted by atomic mass is 79.9. The minimum Gasteiger partial charge on any atom is -0.383 e. The standard InChI is InChI=1S/C14H18BrN5O2.ClH/c1-22-7-6-16-9-13(21)17-8-12-18-14(20-19-12)10-2-4-11(15)5-3-10;/h2-5,16H,6-9H2,1H3,(H,17,21)(H,18,19,20);1H. The van der Waals surface area contributed by atoms with Crippen molar-refractivity contribution in [3.8, 4) is 11.4 Å². The number of hydrogen-bond acceptors (Lipinski definition) is 5. The second-order valence-electron chi connectivity index (χ2n) is 4.56. The third kappa shape index (κ3) is 6.66. The van der Waals surface area contributed by atoms with Crippen molar-refractivity contribution in [3.05, 3.63) is 34.6 Å². The molecule has 0 aliphatic carbocycles. The second kappa shape index (κ2) is 10.3.